The second-order valence-electron chi connectivity index (χ2n) is 8.21. The summed E-state index contributed by atoms with van der Waals surface area (Å²) in [7, 11) is 6.62. The van der Waals surface area contributed by atoms with E-state index in [2.05, 4.69) is 72.8 Å². The summed E-state index contributed by atoms with van der Waals surface area (Å²) in [6, 6.07) is 28.6. The van der Waals surface area contributed by atoms with Gasteiger partial charge in [-0.1, -0.05) is 60.7 Å². The standard InChI is InChI=1S/C32H30O4/c1-33-29-17-25(18-30(21-29)34-2)13-11-23-7-5-9-27(15-23)28-10-6-8-24(16-28)12-14-26-19-31(35-3)22-32(20-26)36-4/h5-22H,1-4H3/b13-11+,14-12+. The molecule has 0 aromatic heterocycles. The molecular weight excluding hydrogens is 448 g/mol. The van der Waals surface area contributed by atoms with Gasteiger partial charge >= 0.3 is 0 Å². The van der Waals surface area contributed by atoms with Crippen molar-refractivity contribution in [3.63, 3.8) is 0 Å². The van der Waals surface area contributed by atoms with Gasteiger partial charge in [0.2, 0.25) is 0 Å². The molecule has 0 aliphatic rings. The lowest BCUT2D eigenvalue weighted by molar-refractivity contribution is 0.394. The zero-order valence-electron chi connectivity index (χ0n) is 21.0. The van der Waals surface area contributed by atoms with Crippen LogP contribution in [0.3, 0.4) is 0 Å². The highest BCUT2D eigenvalue weighted by Gasteiger charge is 2.03. The van der Waals surface area contributed by atoms with Crippen molar-refractivity contribution in [1.29, 1.82) is 0 Å². The van der Waals surface area contributed by atoms with E-state index in [0.717, 1.165) is 56.4 Å². The molecule has 0 spiro atoms. The van der Waals surface area contributed by atoms with Crippen LogP contribution in [0, 0.1) is 0 Å². The van der Waals surface area contributed by atoms with E-state index in [9.17, 15) is 0 Å². The second kappa shape index (κ2) is 11.8. The highest BCUT2D eigenvalue weighted by atomic mass is 16.5. The lowest BCUT2D eigenvalue weighted by atomic mass is 10.00. The molecule has 0 aliphatic heterocycles. The number of hydrogen-bond donors (Lipinski definition) is 0. The number of benzene rings is 4. The van der Waals surface area contributed by atoms with Crippen LogP contribution in [0.4, 0.5) is 0 Å². The van der Waals surface area contributed by atoms with Crippen molar-refractivity contribution in [2.24, 2.45) is 0 Å². The Morgan fingerprint density at radius 1 is 0.389 bits per heavy atom. The normalized spacial score (nSPS) is 11.1. The van der Waals surface area contributed by atoms with Crippen LogP contribution in [-0.4, -0.2) is 28.4 Å². The van der Waals surface area contributed by atoms with E-state index in [0.29, 0.717) is 0 Å². The molecule has 4 aromatic carbocycles. The smallest absolute Gasteiger partial charge is 0.123 e. The van der Waals surface area contributed by atoms with E-state index in [1.165, 1.54) is 0 Å². The molecule has 0 atom stereocenters. The Morgan fingerprint density at radius 3 is 1.06 bits per heavy atom. The summed E-state index contributed by atoms with van der Waals surface area (Å²) in [6.07, 6.45) is 8.31. The van der Waals surface area contributed by atoms with Crippen LogP contribution in [0.2, 0.25) is 0 Å². The Bertz CT molecular complexity index is 1230. The fraction of sp³-hybridized carbons (Fsp3) is 0.125. The molecule has 0 fully saturated rings. The van der Waals surface area contributed by atoms with E-state index < -0.39 is 0 Å². The van der Waals surface area contributed by atoms with E-state index in [4.69, 9.17) is 18.9 Å². The molecule has 4 rings (SSSR count). The monoisotopic (exact) mass is 478 g/mol. The van der Waals surface area contributed by atoms with E-state index in [-0.39, 0.29) is 0 Å². The molecule has 4 aromatic rings. The fourth-order valence-corrected chi connectivity index (χ4v) is 3.88. The third-order valence-corrected chi connectivity index (χ3v) is 5.79. The first-order valence-corrected chi connectivity index (χ1v) is 11.6. The molecule has 0 saturated carbocycles. The lowest BCUT2D eigenvalue weighted by Gasteiger charge is -2.07. The molecule has 4 heteroatoms. The van der Waals surface area contributed by atoms with Crippen molar-refractivity contribution in [2.45, 2.75) is 0 Å². The van der Waals surface area contributed by atoms with Gasteiger partial charge in [0.1, 0.15) is 23.0 Å². The fourth-order valence-electron chi connectivity index (χ4n) is 3.88. The quantitative estimate of drug-likeness (QED) is 0.231. The predicted molar refractivity (Wildman–Crippen MR) is 149 cm³/mol. The Hall–Kier alpha value is -4.44. The first-order valence-electron chi connectivity index (χ1n) is 11.6. The van der Waals surface area contributed by atoms with Crippen LogP contribution in [0.1, 0.15) is 22.3 Å². The summed E-state index contributed by atoms with van der Waals surface area (Å²) in [5.74, 6) is 3.06. The van der Waals surface area contributed by atoms with Crippen molar-refractivity contribution in [2.75, 3.05) is 28.4 Å². The van der Waals surface area contributed by atoms with Crippen molar-refractivity contribution >= 4 is 24.3 Å². The van der Waals surface area contributed by atoms with E-state index in [1.54, 1.807) is 28.4 Å². The van der Waals surface area contributed by atoms with Crippen LogP contribution in [0.15, 0.2) is 84.9 Å². The molecule has 182 valence electrons. The number of hydrogen-bond acceptors (Lipinski definition) is 4. The Morgan fingerprint density at radius 2 is 0.722 bits per heavy atom. The molecule has 0 aliphatic carbocycles. The SMILES string of the molecule is COc1cc(/C=C/c2cccc(-c3cccc(/C=C/c4cc(OC)cc(OC)c4)c3)c2)cc(OC)c1. The van der Waals surface area contributed by atoms with Crippen molar-refractivity contribution in [3.05, 3.63) is 107 Å². The van der Waals surface area contributed by atoms with Gasteiger partial charge in [0.25, 0.3) is 0 Å². The van der Waals surface area contributed by atoms with Crippen LogP contribution >= 0.6 is 0 Å². The molecular formula is C32H30O4. The molecule has 0 heterocycles. The predicted octanol–water partition coefficient (Wildman–Crippen LogP) is 7.73. The van der Waals surface area contributed by atoms with E-state index >= 15 is 0 Å². The lowest BCUT2D eigenvalue weighted by Crippen LogP contribution is -1.88. The topological polar surface area (TPSA) is 36.9 Å². The van der Waals surface area contributed by atoms with Gasteiger partial charge in [-0.15, -0.1) is 0 Å². The van der Waals surface area contributed by atoms with Crippen LogP contribution in [0.5, 0.6) is 23.0 Å². The molecule has 36 heavy (non-hydrogen) atoms. The highest BCUT2D eigenvalue weighted by Crippen LogP contribution is 2.27. The Balaban J connectivity index is 1.56. The molecule has 0 amide bonds. The van der Waals surface area contributed by atoms with Gasteiger partial charge in [-0.25, -0.2) is 0 Å². The van der Waals surface area contributed by atoms with Gasteiger partial charge in [0.15, 0.2) is 0 Å². The first kappa shape index (κ1) is 24.7. The summed E-state index contributed by atoms with van der Waals surface area (Å²) in [5, 5.41) is 0. The summed E-state index contributed by atoms with van der Waals surface area (Å²) < 4.78 is 21.5. The number of ether oxygens (including phenoxy) is 4. The molecule has 0 saturated heterocycles. The van der Waals surface area contributed by atoms with Crippen LogP contribution in [0.25, 0.3) is 35.4 Å². The van der Waals surface area contributed by atoms with Gasteiger partial charge in [-0.2, -0.15) is 0 Å². The average molecular weight is 479 g/mol. The summed E-state index contributed by atoms with van der Waals surface area (Å²) in [5.41, 5.74) is 6.55. The van der Waals surface area contributed by atoms with Crippen molar-refractivity contribution in [1.82, 2.24) is 0 Å². The Kier molecular flexibility index (Phi) is 8.09. The summed E-state index contributed by atoms with van der Waals surface area (Å²) in [6.45, 7) is 0. The van der Waals surface area contributed by atoms with Crippen molar-refractivity contribution in [3.8, 4) is 34.1 Å². The maximum Gasteiger partial charge on any atom is 0.123 e. The van der Waals surface area contributed by atoms with Crippen LogP contribution < -0.4 is 18.9 Å². The Labute approximate surface area is 213 Å². The largest absolute Gasteiger partial charge is 0.497 e. The molecule has 0 radical (unpaired) electrons. The van der Waals surface area contributed by atoms with Gasteiger partial charge in [0.05, 0.1) is 28.4 Å². The molecule has 0 unspecified atom stereocenters. The minimum Gasteiger partial charge on any atom is -0.497 e. The second-order valence-corrected chi connectivity index (χ2v) is 8.21. The summed E-state index contributed by atoms with van der Waals surface area (Å²) in [4.78, 5) is 0. The van der Waals surface area contributed by atoms with Gasteiger partial charge in [0, 0.05) is 12.1 Å². The maximum atomic E-state index is 5.38. The molecule has 4 nitrogen and oxygen atoms in total. The van der Waals surface area contributed by atoms with E-state index in [1.807, 2.05) is 36.4 Å². The van der Waals surface area contributed by atoms with Gasteiger partial charge in [-0.05, 0) is 69.8 Å². The minimum absolute atomic E-state index is 0.764. The average Bonchev–Trinajstić information content (AvgIpc) is 2.94. The van der Waals surface area contributed by atoms with Crippen molar-refractivity contribution < 1.29 is 18.9 Å². The first-order chi connectivity index (χ1) is 17.6. The zero-order chi connectivity index (χ0) is 25.3. The minimum atomic E-state index is 0.764. The summed E-state index contributed by atoms with van der Waals surface area (Å²) >= 11 is 0. The molecule has 0 bridgehead atoms. The zero-order valence-corrected chi connectivity index (χ0v) is 21.0. The maximum absolute atomic E-state index is 5.38. The third kappa shape index (κ3) is 6.36. The van der Waals surface area contributed by atoms with Gasteiger partial charge < -0.3 is 18.9 Å². The highest BCUT2D eigenvalue weighted by molar-refractivity contribution is 5.77. The number of methoxy groups -OCH3 is 4. The third-order valence-electron chi connectivity index (χ3n) is 5.79. The van der Waals surface area contributed by atoms with Crippen LogP contribution in [-0.2, 0) is 0 Å². The number of rotatable bonds is 9. The van der Waals surface area contributed by atoms with Gasteiger partial charge in [-0.3, -0.25) is 0 Å². The molecule has 0 N–H and O–H groups in total.